The fraction of sp³-hybridized carbons (Fsp3) is 0.708. The summed E-state index contributed by atoms with van der Waals surface area (Å²) >= 11 is 0. The summed E-state index contributed by atoms with van der Waals surface area (Å²) in [6.07, 6.45) is 3.10. The van der Waals surface area contributed by atoms with Crippen molar-refractivity contribution in [2.24, 2.45) is 22.7 Å². The number of fused-ring (bicyclic) bond motifs is 2. The van der Waals surface area contributed by atoms with Crippen LogP contribution in [-0.2, 0) is 23.9 Å². The van der Waals surface area contributed by atoms with Gasteiger partial charge in [-0.25, -0.2) is 0 Å². The molecular formula is C24H34O6. The van der Waals surface area contributed by atoms with Crippen molar-refractivity contribution in [3.05, 3.63) is 22.5 Å². The minimum Gasteiger partial charge on any atom is -0.507 e. The molecule has 3 aliphatic rings. The molecule has 0 aromatic heterocycles. The lowest BCUT2D eigenvalue weighted by Gasteiger charge is -2.56. The third-order valence-electron chi connectivity index (χ3n) is 7.43. The molecule has 0 spiro atoms. The third-order valence-corrected chi connectivity index (χ3v) is 7.43. The number of allylic oxidation sites excluding steroid dienone is 1. The van der Waals surface area contributed by atoms with E-state index < -0.39 is 35.0 Å². The van der Waals surface area contributed by atoms with Gasteiger partial charge in [0, 0.05) is 36.0 Å². The second-order valence-corrected chi connectivity index (χ2v) is 9.90. The molecule has 0 aromatic carbocycles. The van der Waals surface area contributed by atoms with Gasteiger partial charge in [0.2, 0.25) is 11.6 Å². The highest BCUT2D eigenvalue weighted by Crippen LogP contribution is 2.61. The Morgan fingerprint density at radius 2 is 1.87 bits per heavy atom. The fourth-order valence-electron chi connectivity index (χ4n) is 6.08. The number of hydrogen-bond donors (Lipinski definition) is 1. The Labute approximate surface area is 178 Å². The van der Waals surface area contributed by atoms with Gasteiger partial charge < -0.3 is 14.6 Å². The maximum Gasteiger partial charge on any atom is 0.302 e. The molecule has 6 nitrogen and oxygen atoms in total. The molecule has 0 radical (unpaired) electrons. The van der Waals surface area contributed by atoms with Crippen molar-refractivity contribution in [1.29, 1.82) is 0 Å². The van der Waals surface area contributed by atoms with Gasteiger partial charge in [-0.3, -0.25) is 14.4 Å². The van der Waals surface area contributed by atoms with E-state index in [-0.39, 0.29) is 29.3 Å². The first-order valence-electron chi connectivity index (χ1n) is 11.0. The van der Waals surface area contributed by atoms with Gasteiger partial charge in [0.25, 0.3) is 0 Å². The first-order chi connectivity index (χ1) is 14.0. The van der Waals surface area contributed by atoms with Crippen LogP contribution in [0.15, 0.2) is 22.5 Å². The van der Waals surface area contributed by atoms with E-state index in [1.54, 1.807) is 6.92 Å². The van der Waals surface area contributed by atoms with E-state index >= 15 is 0 Å². The average molecular weight is 419 g/mol. The van der Waals surface area contributed by atoms with Crippen molar-refractivity contribution in [2.45, 2.75) is 73.3 Å². The molecule has 0 aromatic rings. The van der Waals surface area contributed by atoms with Gasteiger partial charge in [-0.15, -0.1) is 0 Å². The lowest BCUT2D eigenvalue weighted by Crippen LogP contribution is -2.53. The molecule has 3 rings (SSSR count). The predicted molar refractivity (Wildman–Crippen MR) is 112 cm³/mol. The smallest absolute Gasteiger partial charge is 0.302 e. The van der Waals surface area contributed by atoms with E-state index in [1.807, 2.05) is 6.92 Å². The SMILES string of the molecule is CCO[C@@H]1C[C@H]2C(C)(C)CCC[C@]2(C)C2=C1C(O)=C([C@H](C)COC(C)=O)C(=O)C2=O. The number of aliphatic hydroxyl groups excluding tert-OH is 1. The van der Waals surface area contributed by atoms with Crippen LogP contribution < -0.4 is 0 Å². The van der Waals surface area contributed by atoms with E-state index in [1.165, 1.54) is 6.92 Å². The zero-order valence-corrected chi connectivity index (χ0v) is 19.0. The van der Waals surface area contributed by atoms with Crippen LogP contribution in [-0.4, -0.2) is 42.0 Å². The molecule has 3 aliphatic carbocycles. The fourth-order valence-corrected chi connectivity index (χ4v) is 6.08. The molecule has 6 heteroatoms. The molecule has 0 bridgehead atoms. The molecule has 0 saturated heterocycles. The molecule has 166 valence electrons. The Morgan fingerprint density at radius 3 is 2.47 bits per heavy atom. The third kappa shape index (κ3) is 3.53. The normalized spacial score (nSPS) is 31.9. The van der Waals surface area contributed by atoms with Crippen LogP contribution >= 0.6 is 0 Å². The number of Topliss-reactive ketones (excluding diaryl/α,β-unsaturated/α-hetero) is 2. The summed E-state index contributed by atoms with van der Waals surface area (Å²) in [4.78, 5) is 37.8. The molecule has 1 N–H and O–H groups in total. The van der Waals surface area contributed by atoms with Crippen LogP contribution in [0.5, 0.6) is 0 Å². The van der Waals surface area contributed by atoms with Gasteiger partial charge in [0.05, 0.1) is 18.3 Å². The lowest BCUT2D eigenvalue weighted by atomic mass is 9.48. The standard InChI is InChI=1S/C24H34O6/c1-7-29-15-11-16-23(4,5)9-8-10-24(16,6)19-18(15)20(26)17(21(27)22(19)28)13(2)12-30-14(3)25/h13,15-16,26H,7-12H2,1-6H3/t13-,15-,16+,24+/m1/s1. The van der Waals surface area contributed by atoms with Crippen molar-refractivity contribution >= 4 is 17.5 Å². The van der Waals surface area contributed by atoms with Crippen molar-refractivity contribution in [1.82, 2.24) is 0 Å². The van der Waals surface area contributed by atoms with Crippen LogP contribution in [0, 0.1) is 22.7 Å². The van der Waals surface area contributed by atoms with Crippen molar-refractivity contribution < 1.29 is 29.0 Å². The van der Waals surface area contributed by atoms with Crippen LogP contribution in [0.25, 0.3) is 0 Å². The Morgan fingerprint density at radius 1 is 1.20 bits per heavy atom. The Hall–Kier alpha value is -1.95. The second kappa shape index (κ2) is 7.95. The highest BCUT2D eigenvalue weighted by molar-refractivity contribution is 6.50. The van der Waals surface area contributed by atoms with Gasteiger partial charge in [-0.1, -0.05) is 34.1 Å². The molecule has 0 aliphatic heterocycles. The van der Waals surface area contributed by atoms with E-state index in [0.29, 0.717) is 24.2 Å². The average Bonchev–Trinajstić information content (AvgIpc) is 2.64. The Balaban J connectivity index is 2.18. The zero-order chi connectivity index (χ0) is 22.4. The number of carbonyl (C=O) groups is 3. The van der Waals surface area contributed by atoms with Gasteiger partial charge in [-0.2, -0.15) is 0 Å². The highest BCUT2D eigenvalue weighted by atomic mass is 16.5. The summed E-state index contributed by atoms with van der Waals surface area (Å²) in [7, 11) is 0. The molecule has 4 atom stereocenters. The molecule has 1 fully saturated rings. The molecule has 0 unspecified atom stereocenters. The molecule has 30 heavy (non-hydrogen) atoms. The van der Waals surface area contributed by atoms with Gasteiger partial charge in [-0.05, 0) is 37.5 Å². The predicted octanol–water partition coefficient (Wildman–Crippen LogP) is 4.09. The minimum absolute atomic E-state index is 0.00639. The first kappa shape index (κ1) is 22.7. The van der Waals surface area contributed by atoms with E-state index in [9.17, 15) is 19.5 Å². The summed E-state index contributed by atoms with van der Waals surface area (Å²) in [5.41, 5.74) is 0.475. The van der Waals surface area contributed by atoms with Crippen molar-refractivity contribution in [3.63, 3.8) is 0 Å². The second-order valence-electron chi connectivity index (χ2n) is 9.90. The number of esters is 1. The van der Waals surface area contributed by atoms with Crippen LogP contribution in [0.2, 0.25) is 0 Å². The maximum absolute atomic E-state index is 13.5. The Bertz CT molecular complexity index is 833. The summed E-state index contributed by atoms with van der Waals surface area (Å²) in [6.45, 7) is 11.7. The van der Waals surface area contributed by atoms with Gasteiger partial charge in [0.15, 0.2) is 0 Å². The number of aliphatic hydroxyl groups is 1. The summed E-state index contributed by atoms with van der Waals surface area (Å²) < 4.78 is 11.1. The lowest BCUT2D eigenvalue weighted by molar-refractivity contribution is -0.142. The quantitative estimate of drug-likeness (QED) is 0.411. The topological polar surface area (TPSA) is 89.9 Å². The maximum atomic E-state index is 13.5. The monoisotopic (exact) mass is 418 g/mol. The number of carbonyl (C=O) groups excluding carboxylic acids is 3. The largest absolute Gasteiger partial charge is 0.507 e. The number of ether oxygens (including phenoxy) is 2. The Kier molecular flexibility index (Phi) is 6.02. The van der Waals surface area contributed by atoms with E-state index in [0.717, 1.165) is 19.3 Å². The van der Waals surface area contributed by atoms with Crippen LogP contribution in [0.1, 0.15) is 67.2 Å². The number of ketones is 2. The summed E-state index contributed by atoms with van der Waals surface area (Å²) in [5.74, 6) is -2.26. The summed E-state index contributed by atoms with van der Waals surface area (Å²) in [6, 6.07) is 0. The van der Waals surface area contributed by atoms with Gasteiger partial charge in [0.1, 0.15) is 5.76 Å². The van der Waals surface area contributed by atoms with Crippen molar-refractivity contribution in [2.75, 3.05) is 13.2 Å². The number of rotatable bonds is 5. The zero-order valence-electron chi connectivity index (χ0n) is 19.0. The molecule has 0 amide bonds. The summed E-state index contributed by atoms with van der Waals surface area (Å²) in [5, 5.41) is 11.2. The van der Waals surface area contributed by atoms with Gasteiger partial charge >= 0.3 is 5.97 Å². The molecular weight excluding hydrogens is 384 g/mol. The minimum atomic E-state index is -0.689. The first-order valence-corrected chi connectivity index (χ1v) is 11.0. The van der Waals surface area contributed by atoms with E-state index in [4.69, 9.17) is 9.47 Å². The molecule has 1 saturated carbocycles. The highest BCUT2D eigenvalue weighted by Gasteiger charge is 2.58. The molecule has 0 heterocycles. The van der Waals surface area contributed by atoms with Crippen LogP contribution in [0.4, 0.5) is 0 Å². The number of hydrogen-bond acceptors (Lipinski definition) is 6. The van der Waals surface area contributed by atoms with Crippen molar-refractivity contribution in [3.8, 4) is 0 Å². The van der Waals surface area contributed by atoms with Crippen LogP contribution in [0.3, 0.4) is 0 Å². The van der Waals surface area contributed by atoms with E-state index in [2.05, 4.69) is 20.8 Å².